The van der Waals surface area contributed by atoms with Crippen molar-refractivity contribution in [3.8, 4) is 5.75 Å². The van der Waals surface area contributed by atoms with Crippen molar-refractivity contribution in [1.29, 1.82) is 0 Å². The molecule has 0 N–H and O–H groups in total. The molecule has 3 heterocycles. The molecule has 1 saturated carbocycles. The summed E-state index contributed by atoms with van der Waals surface area (Å²) in [6.07, 6.45) is 2.82. The van der Waals surface area contributed by atoms with Crippen molar-refractivity contribution >= 4 is 23.4 Å². The Hall–Kier alpha value is -1.66. The van der Waals surface area contributed by atoms with E-state index >= 15 is 0 Å². The minimum absolute atomic E-state index is 0.00357. The van der Waals surface area contributed by atoms with Gasteiger partial charge >= 0.3 is 11.2 Å². The van der Waals surface area contributed by atoms with E-state index in [2.05, 4.69) is 13.8 Å². The molecule has 2 bridgehead atoms. The van der Waals surface area contributed by atoms with Crippen molar-refractivity contribution < 1.29 is 23.7 Å². The monoisotopic (exact) mass is 388 g/mol. The van der Waals surface area contributed by atoms with Gasteiger partial charge in [0, 0.05) is 18.6 Å². The van der Waals surface area contributed by atoms with E-state index in [0.717, 1.165) is 19.3 Å². The van der Waals surface area contributed by atoms with E-state index in [0.29, 0.717) is 29.9 Å². The van der Waals surface area contributed by atoms with Crippen LogP contribution in [0.5, 0.6) is 5.75 Å². The third kappa shape index (κ3) is 2.68. The van der Waals surface area contributed by atoms with Crippen LogP contribution in [-0.2, 0) is 19.0 Å². The summed E-state index contributed by atoms with van der Waals surface area (Å²) in [5.74, 6) is 1.70. The maximum absolute atomic E-state index is 11.9. The number of thiocarbonyl (C=S) groups is 1. The van der Waals surface area contributed by atoms with Gasteiger partial charge < -0.3 is 18.9 Å². The van der Waals surface area contributed by atoms with Crippen LogP contribution in [0.1, 0.15) is 39.5 Å². The van der Waals surface area contributed by atoms with Crippen LogP contribution < -0.4 is 4.74 Å². The molecule has 1 aromatic rings. The molecule has 3 saturated heterocycles. The second-order valence-electron chi connectivity index (χ2n) is 8.73. The molecule has 0 unspecified atom stereocenters. The number of ether oxygens (including phenoxy) is 4. The highest BCUT2D eigenvalue weighted by Gasteiger charge is 2.70. The molecule has 0 aromatic heterocycles. The zero-order valence-corrected chi connectivity index (χ0v) is 16.4. The maximum Gasteiger partial charge on any atom is 0.358 e. The Labute approximate surface area is 164 Å². The van der Waals surface area contributed by atoms with Gasteiger partial charge in [-0.05, 0) is 49.7 Å². The lowest BCUT2D eigenvalue weighted by molar-refractivity contribution is -0.180. The molecular weight excluding hydrogens is 364 g/mol. The fraction of sp³-hybridized carbons (Fsp3) is 0.619. The number of hydrogen-bond donors (Lipinski definition) is 0. The molecule has 27 heavy (non-hydrogen) atoms. The van der Waals surface area contributed by atoms with Crippen LogP contribution in [0.15, 0.2) is 30.3 Å². The lowest BCUT2D eigenvalue weighted by Crippen LogP contribution is -2.49. The number of carbonyl (C=O) groups excluding carboxylic acids is 1. The average Bonchev–Trinajstić information content (AvgIpc) is 3.14. The molecule has 7 atom stereocenters. The number of hydrogen-bond acceptors (Lipinski definition) is 6. The molecule has 1 aliphatic carbocycles. The van der Waals surface area contributed by atoms with E-state index in [1.165, 1.54) is 0 Å². The van der Waals surface area contributed by atoms with Crippen molar-refractivity contribution in [2.45, 2.75) is 62.9 Å². The van der Waals surface area contributed by atoms with Gasteiger partial charge in [0.05, 0.1) is 12.0 Å². The van der Waals surface area contributed by atoms with Gasteiger partial charge in [-0.25, -0.2) is 0 Å². The first-order chi connectivity index (χ1) is 12.9. The quantitative estimate of drug-likeness (QED) is 0.569. The average molecular weight is 388 g/mol. The molecule has 3 aliphatic heterocycles. The zero-order chi connectivity index (χ0) is 18.8. The van der Waals surface area contributed by atoms with Gasteiger partial charge in [-0.1, -0.05) is 25.1 Å². The zero-order valence-electron chi connectivity index (χ0n) is 15.6. The van der Waals surface area contributed by atoms with Crippen molar-refractivity contribution in [2.75, 3.05) is 0 Å². The summed E-state index contributed by atoms with van der Waals surface area (Å²) in [6, 6.07) is 9.45. The topological polar surface area (TPSA) is 54.0 Å². The number of esters is 1. The first-order valence-electron chi connectivity index (χ1n) is 9.72. The van der Waals surface area contributed by atoms with Crippen LogP contribution >= 0.6 is 12.2 Å². The fourth-order valence-electron chi connectivity index (χ4n) is 5.94. The number of benzene rings is 1. The van der Waals surface area contributed by atoms with Crippen molar-refractivity contribution in [1.82, 2.24) is 0 Å². The number of fused-ring (bicyclic) bond motifs is 3. The number of carbonyl (C=O) groups is 1. The lowest BCUT2D eigenvalue weighted by atomic mass is 9.74. The lowest BCUT2D eigenvalue weighted by Gasteiger charge is -2.45. The van der Waals surface area contributed by atoms with Crippen LogP contribution in [0.3, 0.4) is 0 Å². The van der Waals surface area contributed by atoms with Gasteiger partial charge in [-0.2, -0.15) is 0 Å². The first kappa shape index (κ1) is 17.4. The standard InChI is InChI=1S/C21H24O5S/c1-12-14-9-21-11-18(22)25-17(21)10-20(2,26-21)15(14)8-16(12)24-19(27)23-13-6-4-3-5-7-13/h3-7,12,14-17H,8-11H2,1-2H3/t12-,14+,15-,16+,17+,20-,21+/m1/s1. The van der Waals surface area contributed by atoms with E-state index in [-0.39, 0.29) is 29.0 Å². The van der Waals surface area contributed by atoms with Gasteiger partial charge in [0.1, 0.15) is 23.6 Å². The molecular formula is C21H24O5S. The van der Waals surface area contributed by atoms with Gasteiger partial charge in [0.15, 0.2) is 0 Å². The number of rotatable bonds is 2. The van der Waals surface area contributed by atoms with Crippen LogP contribution in [0.2, 0.25) is 0 Å². The molecule has 4 aliphatic rings. The summed E-state index contributed by atoms with van der Waals surface area (Å²) >= 11 is 5.33. The molecule has 4 fully saturated rings. The van der Waals surface area contributed by atoms with Crippen LogP contribution in [-0.4, -0.2) is 34.6 Å². The summed E-state index contributed by atoms with van der Waals surface area (Å²) in [5.41, 5.74) is -0.695. The minimum atomic E-state index is -0.433. The van der Waals surface area contributed by atoms with E-state index < -0.39 is 5.60 Å². The molecule has 6 heteroatoms. The van der Waals surface area contributed by atoms with Gasteiger partial charge in [-0.3, -0.25) is 4.79 Å². The van der Waals surface area contributed by atoms with E-state index in [1.807, 2.05) is 30.3 Å². The van der Waals surface area contributed by atoms with E-state index in [1.54, 1.807) is 0 Å². The van der Waals surface area contributed by atoms with Gasteiger partial charge in [-0.15, -0.1) is 0 Å². The van der Waals surface area contributed by atoms with Gasteiger partial charge in [0.2, 0.25) is 0 Å². The summed E-state index contributed by atoms with van der Waals surface area (Å²) < 4.78 is 23.8. The first-order valence-corrected chi connectivity index (χ1v) is 10.1. The minimum Gasteiger partial charge on any atom is -0.459 e. The summed E-state index contributed by atoms with van der Waals surface area (Å²) in [6.45, 7) is 4.39. The Balaban J connectivity index is 1.31. The Morgan fingerprint density at radius 2 is 2.04 bits per heavy atom. The summed E-state index contributed by atoms with van der Waals surface area (Å²) in [5, 5.41) is 0.170. The third-order valence-corrected chi connectivity index (χ3v) is 7.33. The third-order valence-electron chi connectivity index (χ3n) is 7.15. The van der Waals surface area contributed by atoms with Crippen LogP contribution in [0.4, 0.5) is 0 Å². The fourth-order valence-corrected chi connectivity index (χ4v) is 6.16. The van der Waals surface area contributed by atoms with E-state index in [9.17, 15) is 4.79 Å². The van der Waals surface area contributed by atoms with E-state index in [4.69, 9.17) is 31.2 Å². The predicted octanol–water partition coefficient (Wildman–Crippen LogP) is 3.64. The maximum atomic E-state index is 11.9. The Kier molecular flexibility index (Phi) is 3.82. The highest BCUT2D eigenvalue weighted by Crippen LogP contribution is 2.63. The van der Waals surface area contributed by atoms with Crippen molar-refractivity contribution in [3.63, 3.8) is 0 Å². The SMILES string of the molecule is C[C@@H]1[C@@H]2C[C@]34CC(=O)O[C@H]3C[C@@](C)(O4)[C@@H]2C[C@@H]1OC(=S)Oc1ccccc1. The molecule has 1 spiro atoms. The van der Waals surface area contributed by atoms with Crippen molar-refractivity contribution in [3.05, 3.63) is 30.3 Å². The molecule has 0 amide bonds. The van der Waals surface area contributed by atoms with Gasteiger partial charge in [0.25, 0.3) is 0 Å². The second-order valence-corrected chi connectivity index (χ2v) is 9.06. The summed E-state index contributed by atoms with van der Waals surface area (Å²) in [7, 11) is 0. The molecule has 5 rings (SSSR count). The molecule has 144 valence electrons. The van der Waals surface area contributed by atoms with Crippen LogP contribution in [0.25, 0.3) is 0 Å². The Bertz CT molecular complexity index is 782. The highest BCUT2D eigenvalue weighted by molar-refractivity contribution is 7.79. The normalized spacial score (nSPS) is 44.4. The molecule has 1 aromatic carbocycles. The Morgan fingerprint density at radius 3 is 2.81 bits per heavy atom. The summed E-state index contributed by atoms with van der Waals surface area (Å²) in [4.78, 5) is 11.9. The Morgan fingerprint density at radius 1 is 1.26 bits per heavy atom. The largest absolute Gasteiger partial charge is 0.459 e. The molecule has 0 radical (unpaired) electrons. The van der Waals surface area contributed by atoms with Crippen LogP contribution in [0, 0.1) is 17.8 Å². The smallest absolute Gasteiger partial charge is 0.358 e. The highest BCUT2D eigenvalue weighted by atomic mass is 32.1. The molecule has 5 nitrogen and oxygen atoms in total. The van der Waals surface area contributed by atoms with Crippen molar-refractivity contribution in [2.24, 2.45) is 17.8 Å². The number of para-hydroxylation sites is 1. The second kappa shape index (κ2) is 5.92. The predicted molar refractivity (Wildman–Crippen MR) is 101 cm³/mol.